The van der Waals surface area contributed by atoms with Gasteiger partial charge in [-0.2, -0.15) is 0 Å². The minimum Gasteiger partial charge on any atom is -0.309 e. The van der Waals surface area contributed by atoms with Crippen molar-refractivity contribution in [2.24, 2.45) is 5.92 Å². The number of hydrogen-bond donors (Lipinski definition) is 0. The lowest BCUT2D eigenvalue weighted by Gasteiger charge is -2.20. The molecule has 0 aromatic heterocycles. The fraction of sp³-hybridized carbons (Fsp3) is 1.00. The second kappa shape index (κ2) is 7.64. The van der Waals surface area contributed by atoms with Gasteiger partial charge in [-0.15, -0.1) is 20.2 Å². The standard InChI is InChI=1S/C9H18N2O6/c1-7(2)5-4-6-9(17-11(14)15)8(3)16-10(12)13/h7-9H,4-6H2,1-3H3. The summed E-state index contributed by atoms with van der Waals surface area (Å²) in [6, 6.07) is 0. The molecule has 0 aromatic carbocycles. The smallest absolute Gasteiger partial charge is 0.294 e. The number of rotatable bonds is 9. The minimum absolute atomic E-state index is 0.355. The van der Waals surface area contributed by atoms with Crippen molar-refractivity contribution in [2.45, 2.75) is 52.2 Å². The van der Waals surface area contributed by atoms with Crippen LogP contribution in [0.15, 0.2) is 0 Å². The Labute approximate surface area is 99.1 Å². The maximum absolute atomic E-state index is 10.3. The van der Waals surface area contributed by atoms with Crippen LogP contribution in [0.5, 0.6) is 0 Å². The molecule has 100 valence electrons. The molecule has 0 amide bonds. The van der Waals surface area contributed by atoms with Crippen LogP contribution in [0.2, 0.25) is 0 Å². The van der Waals surface area contributed by atoms with Crippen LogP contribution in [-0.4, -0.2) is 22.4 Å². The van der Waals surface area contributed by atoms with Crippen molar-refractivity contribution in [1.29, 1.82) is 0 Å². The van der Waals surface area contributed by atoms with Crippen molar-refractivity contribution in [1.82, 2.24) is 0 Å². The predicted molar refractivity (Wildman–Crippen MR) is 58.1 cm³/mol. The summed E-state index contributed by atoms with van der Waals surface area (Å²) in [7, 11) is 0. The van der Waals surface area contributed by atoms with Crippen molar-refractivity contribution in [2.75, 3.05) is 0 Å². The van der Waals surface area contributed by atoms with Gasteiger partial charge in [0.1, 0.15) is 12.2 Å². The van der Waals surface area contributed by atoms with Gasteiger partial charge in [0, 0.05) is 0 Å². The molecule has 2 unspecified atom stereocenters. The largest absolute Gasteiger partial charge is 0.309 e. The Balaban J connectivity index is 4.21. The summed E-state index contributed by atoms with van der Waals surface area (Å²) in [5.74, 6) is 0.470. The average molecular weight is 250 g/mol. The summed E-state index contributed by atoms with van der Waals surface area (Å²) >= 11 is 0. The number of nitrogens with zero attached hydrogens (tertiary/aromatic N) is 2. The average Bonchev–Trinajstić information content (AvgIpc) is 2.13. The first-order chi connectivity index (χ1) is 7.82. The molecule has 0 aromatic rings. The van der Waals surface area contributed by atoms with Gasteiger partial charge in [0.2, 0.25) is 0 Å². The molecule has 0 aliphatic heterocycles. The van der Waals surface area contributed by atoms with E-state index < -0.39 is 22.4 Å². The summed E-state index contributed by atoms with van der Waals surface area (Å²) in [5, 5.41) is 18.5. The van der Waals surface area contributed by atoms with Crippen molar-refractivity contribution in [3.05, 3.63) is 20.2 Å². The third-order valence-electron chi connectivity index (χ3n) is 2.27. The summed E-state index contributed by atoms with van der Waals surface area (Å²) in [4.78, 5) is 29.0. The van der Waals surface area contributed by atoms with E-state index in [0.29, 0.717) is 18.8 Å². The van der Waals surface area contributed by atoms with Crippen LogP contribution < -0.4 is 0 Å². The van der Waals surface area contributed by atoms with E-state index in [1.165, 1.54) is 6.92 Å². The van der Waals surface area contributed by atoms with Crippen molar-refractivity contribution >= 4 is 0 Å². The van der Waals surface area contributed by atoms with Crippen molar-refractivity contribution < 1.29 is 19.8 Å². The Morgan fingerprint density at radius 1 is 1.00 bits per heavy atom. The fourth-order valence-electron chi connectivity index (χ4n) is 1.41. The third kappa shape index (κ3) is 8.23. The summed E-state index contributed by atoms with van der Waals surface area (Å²) in [6.45, 7) is 5.44. The quantitative estimate of drug-likeness (QED) is 0.457. The van der Waals surface area contributed by atoms with E-state index in [-0.39, 0.29) is 0 Å². The maximum atomic E-state index is 10.3. The van der Waals surface area contributed by atoms with Gasteiger partial charge in [-0.05, 0) is 19.3 Å². The molecule has 0 heterocycles. The molecular formula is C9H18N2O6. The fourth-order valence-corrected chi connectivity index (χ4v) is 1.41. The Kier molecular flexibility index (Phi) is 6.92. The first kappa shape index (κ1) is 15.4. The first-order valence-corrected chi connectivity index (χ1v) is 5.45. The molecule has 0 fully saturated rings. The normalized spacial score (nSPS) is 14.1. The molecule has 0 aliphatic carbocycles. The van der Waals surface area contributed by atoms with Crippen LogP contribution in [0.4, 0.5) is 0 Å². The van der Waals surface area contributed by atoms with E-state index in [9.17, 15) is 20.2 Å². The Morgan fingerprint density at radius 2 is 1.53 bits per heavy atom. The van der Waals surface area contributed by atoms with Crippen LogP contribution >= 0.6 is 0 Å². The molecule has 0 aliphatic rings. The number of hydrogen-bond acceptors (Lipinski definition) is 6. The topological polar surface area (TPSA) is 105 Å². The van der Waals surface area contributed by atoms with E-state index in [2.05, 4.69) is 9.68 Å². The Bertz CT molecular complexity index is 258. The maximum Gasteiger partial charge on any atom is 0.294 e. The molecular weight excluding hydrogens is 232 g/mol. The lowest BCUT2D eigenvalue weighted by Crippen LogP contribution is -2.32. The molecule has 0 bridgehead atoms. The van der Waals surface area contributed by atoms with Gasteiger partial charge in [0.15, 0.2) is 0 Å². The lowest BCUT2D eigenvalue weighted by atomic mass is 10.0. The Hall–Kier alpha value is -1.60. The summed E-state index contributed by atoms with van der Waals surface area (Å²) < 4.78 is 0. The highest BCUT2D eigenvalue weighted by Crippen LogP contribution is 2.15. The van der Waals surface area contributed by atoms with Gasteiger partial charge in [0.05, 0.1) is 0 Å². The van der Waals surface area contributed by atoms with Gasteiger partial charge in [-0.25, -0.2) is 0 Å². The van der Waals surface area contributed by atoms with Crippen LogP contribution in [0.3, 0.4) is 0 Å². The van der Waals surface area contributed by atoms with E-state index in [0.717, 1.165) is 6.42 Å². The molecule has 0 radical (unpaired) electrons. The highest BCUT2D eigenvalue weighted by molar-refractivity contribution is 4.64. The van der Waals surface area contributed by atoms with Gasteiger partial charge in [-0.1, -0.05) is 26.7 Å². The molecule has 2 atom stereocenters. The molecule has 0 rings (SSSR count). The Morgan fingerprint density at radius 3 is 1.94 bits per heavy atom. The first-order valence-electron chi connectivity index (χ1n) is 5.45. The van der Waals surface area contributed by atoms with Crippen LogP contribution in [0.25, 0.3) is 0 Å². The molecule has 17 heavy (non-hydrogen) atoms. The van der Waals surface area contributed by atoms with Crippen LogP contribution in [-0.2, 0) is 9.68 Å². The minimum atomic E-state index is -0.969. The second-order valence-electron chi connectivity index (χ2n) is 4.23. The van der Waals surface area contributed by atoms with Gasteiger partial charge < -0.3 is 9.68 Å². The second-order valence-corrected chi connectivity index (χ2v) is 4.23. The zero-order valence-electron chi connectivity index (χ0n) is 10.2. The summed E-state index contributed by atoms with van der Waals surface area (Å²) in [6.07, 6.45) is 0.0649. The van der Waals surface area contributed by atoms with Gasteiger partial charge in [0.25, 0.3) is 10.2 Å². The SMILES string of the molecule is CC(C)CCCC(O[N+](=O)[O-])C(C)O[N+](=O)[O-]. The van der Waals surface area contributed by atoms with Gasteiger partial charge in [-0.3, -0.25) is 0 Å². The summed E-state index contributed by atoms with van der Waals surface area (Å²) in [5.41, 5.74) is 0. The van der Waals surface area contributed by atoms with Crippen molar-refractivity contribution in [3.63, 3.8) is 0 Å². The van der Waals surface area contributed by atoms with E-state index in [1.54, 1.807) is 0 Å². The zero-order valence-corrected chi connectivity index (χ0v) is 10.2. The molecule has 0 N–H and O–H groups in total. The highest BCUT2D eigenvalue weighted by atomic mass is 17.0. The van der Waals surface area contributed by atoms with E-state index in [4.69, 9.17) is 0 Å². The molecule has 0 saturated carbocycles. The third-order valence-corrected chi connectivity index (χ3v) is 2.27. The predicted octanol–water partition coefficient (Wildman–Crippen LogP) is 1.99. The van der Waals surface area contributed by atoms with Crippen LogP contribution in [0, 0.1) is 26.1 Å². The monoisotopic (exact) mass is 250 g/mol. The highest BCUT2D eigenvalue weighted by Gasteiger charge is 2.24. The van der Waals surface area contributed by atoms with E-state index in [1.807, 2.05) is 13.8 Å². The molecule has 0 saturated heterocycles. The lowest BCUT2D eigenvalue weighted by molar-refractivity contribution is -0.798. The molecule has 8 nitrogen and oxygen atoms in total. The molecule has 0 spiro atoms. The molecule has 8 heteroatoms. The zero-order chi connectivity index (χ0) is 13.4. The van der Waals surface area contributed by atoms with Gasteiger partial charge >= 0.3 is 0 Å². The van der Waals surface area contributed by atoms with Crippen molar-refractivity contribution in [3.8, 4) is 0 Å². The van der Waals surface area contributed by atoms with Crippen LogP contribution in [0.1, 0.15) is 40.0 Å². The van der Waals surface area contributed by atoms with E-state index >= 15 is 0 Å².